The Morgan fingerprint density at radius 1 is 1.27 bits per heavy atom. The molecular formula is C14H29N. The second-order valence-corrected chi connectivity index (χ2v) is 4.71. The van der Waals surface area contributed by atoms with E-state index in [2.05, 4.69) is 45.6 Å². The zero-order valence-electron chi connectivity index (χ0n) is 11.3. The summed E-state index contributed by atoms with van der Waals surface area (Å²) in [5.41, 5.74) is 1.49. The Kier molecular flexibility index (Phi) is 8.79. The fraction of sp³-hybridized carbons (Fsp3) is 0.857. The van der Waals surface area contributed by atoms with Crippen LogP contribution >= 0.6 is 0 Å². The van der Waals surface area contributed by atoms with E-state index in [9.17, 15) is 0 Å². The highest BCUT2D eigenvalue weighted by Gasteiger charge is 2.06. The molecule has 1 unspecified atom stereocenters. The van der Waals surface area contributed by atoms with Gasteiger partial charge in [-0.15, -0.1) is 0 Å². The van der Waals surface area contributed by atoms with Crippen molar-refractivity contribution in [1.29, 1.82) is 0 Å². The summed E-state index contributed by atoms with van der Waals surface area (Å²) in [7, 11) is 0. The number of hydrogen-bond acceptors (Lipinski definition) is 1. The zero-order valence-corrected chi connectivity index (χ0v) is 11.3. The molecule has 0 aromatic carbocycles. The third-order valence-electron chi connectivity index (χ3n) is 3.14. The first-order valence-electron chi connectivity index (χ1n) is 6.48. The van der Waals surface area contributed by atoms with E-state index in [0.29, 0.717) is 0 Å². The van der Waals surface area contributed by atoms with E-state index in [0.717, 1.165) is 12.5 Å². The van der Waals surface area contributed by atoms with E-state index in [4.69, 9.17) is 0 Å². The SMILES string of the molecule is C/C=C(\C)CN(CCC)CCC(C)CC. The van der Waals surface area contributed by atoms with Gasteiger partial charge in [0.15, 0.2) is 0 Å². The van der Waals surface area contributed by atoms with Gasteiger partial charge in [0.25, 0.3) is 0 Å². The molecule has 0 aromatic rings. The molecule has 0 rings (SSSR count). The van der Waals surface area contributed by atoms with Crippen LogP contribution in [0.25, 0.3) is 0 Å². The molecule has 90 valence electrons. The van der Waals surface area contributed by atoms with E-state index < -0.39 is 0 Å². The molecule has 0 fully saturated rings. The van der Waals surface area contributed by atoms with E-state index in [1.807, 2.05) is 0 Å². The van der Waals surface area contributed by atoms with Crippen LogP contribution in [-0.2, 0) is 0 Å². The van der Waals surface area contributed by atoms with Gasteiger partial charge in [-0.25, -0.2) is 0 Å². The number of rotatable bonds is 8. The van der Waals surface area contributed by atoms with Crippen LogP contribution in [0.3, 0.4) is 0 Å². The van der Waals surface area contributed by atoms with Gasteiger partial charge < -0.3 is 0 Å². The maximum atomic E-state index is 2.58. The molecule has 0 aliphatic heterocycles. The summed E-state index contributed by atoms with van der Waals surface area (Å²) in [6, 6.07) is 0. The zero-order chi connectivity index (χ0) is 11.7. The van der Waals surface area contributed by atoms with Gasteiger partial charge in [0, 0.05) is 6.54 Å². The molecule has 1 heteroatoms. The molecule has 0 aliphatic rings. The summed E-state index contributed by atoms with van der Waals surface area (Å²) >= 11 is 0. The third-order valence-corrected chi connectivity index (χ3v) is 3.14. The molecule has 1 atom stereocenters. The van der Waals surface area contributed by atoms with Crippen molar-refractivity contribution < 1.29 is 0 Å². The number of hydrogen-bond donors (Lipinski definition) is 0. The molecule has 0 N–H and O–H groups in total. The quantitative estimate of drug-likeness (QED) is 0.546. The summed E-state index contributed by atoms with van der Waals surface area (Å²) in [4.78, 5) is 2.58. The van der Waals surface area contributed by atoms with Crippen LogP contribution in [0, 0.1) is 5.92 Å². The van der Waals surface area contributed by atoms with Gasteiger partial charge in [-0.3, -0.25) is 4.90 Å². The van der Waals surface area contributed by atoms with Crippen molar-refractivity contribution in [1.82, 2.24) is 4.90 Å². The molecule has 0 saturated heterocycles. The molecule has 0 bridgehead atoms. The standard InChI is InChI=1S/C14H29N/c1-6-10-15(12-14(5)8-3)11-9-13(4)7-2/h8,13H,6-7,9-12H2,1-5H3/b14-8+. The molecule has 15 heavy (non-hydrogen) atoms. The summed E-state index contributed by atoms with van der Waals surface area (Å²) in [6.45, 7) is 14.9. The Bertz CT molecular complexity index is 172. The number of allylic oxidation sites excluding steroid dienone is 1. The molecule has 0 amide bonds. The summed E-state index contributed by atoms with van der Waals surface area (Å²) in [6.07, 6.45) is 6.14. The lowest BCUT2D eigenvalue weighted by atomic mass is 10.0. The first kappa shape index (κ1) is 14.7. The highest BCUT2D eigenvalue weighted by Crippen LogP contribution is 2.09. The monoisotopic (exact) mass is 211 g/mol. The Morgan fingerprint density at radius 3 is 2.40 bits per heavy atom. The Labute approximate surface area is 96.6 Å². The van der Waals surface area contributed by atoms with Crippen LogP contribution in [-0.4, -0.2) is 24.5 Å². The fourth-order valence-corrected chi connectivity index (χ4v) is 1.64. The van der Waals surface area contributed by atoms with Crippen molar-refractivity contribution >= 4 is 0 Å². The first-order chi connectivity index (χ1) is 7.13. The van der Waals surface area contributed by atoms with Crippen LogP contribution in [0.2, 0.25) is 0 Å². The Morgan fingerprint density at radius 2 is 1.93 bits per heavy atom. The predicted molar refractivity (Wildman–Crippen MR) is 70.2 cm³/mol. The van der Waals surface area contributed by atoms with E-state index in [1.54, 1.807) is 0 Å². The lowest BCUT2D eigenvalue weighted by Gasteiger charge is -2.23. The molecule has 0 radical (unpaired) electrons. The second kappa shape index (κ2) is 8.96. The van der Waals surface area contributed by atoms with E-state index >= 15 is 0 Å². The fourth-order valence-electron chi connectivity index (χ4n) is 1.64. The van der Waals surface area contributed by atoms with Gasteiger partial charge in [0.05, 0.1) is 0 Å². The molecule has 0 saturated carbocycles. The minimum absolute atomic E-state index is 0.871. The van der Waals surface area contributed by atoms with Crippen molar-refractivity contribution in [2.75, 3.05) is 19.6 Å². The second-order valence-electron chi connectivity index (χ2n) is 4.71. The van der Waals surface area contributed by atoms with Crippen molar-refractivity contribution in [3.63, 3.8) is 0 Å². The van der Waals surface area contributed by atoms with Crippen LogP contribution in [0.15, 0.2) is 11.6 Å². The van der Waals surface area contributed by atoms with Crippen LogP contribution in [0.1, 0.15) is 53.9 Å². The summed E-state index contributed by atoms with van der Waals surface area (Å²) < 4.78 is 0. The summed E-state index contributed by atoms with van der Waals surface area (Å²) in [5, 5.41) is 0. The van der Waals surface area contributed by atoms with Gasteiger partial charge in [-0.1, -0.05) is 38.8 Å². The Hall–Kier alpha value is -0.300. The highest BCUT2D eigenvalue weighted by molar-refractivity contribution is 4.98. The van der Waals surface area contributed by atoms with Crippen LogP contribution in [0.4, 0.5) is 0 Å². The van der Waals surface area contributed by atoms with Crippen LogP contribution in [0.5, 0.6) is 0 Å². The predicted octanol–water partition coefficient (Wildman–Crippen LogP) is 4.10. The van der Waals surface area contributed by atoms with Crippen LogP contribution < -0.4 is 0 Å². The summed E-state index contributed by atoms with van der Waals surface area (Å²) in [5.74, 6) is 0.871. The molecular weight excluding hydrogens is 182 g/mol. The number of nitrogens with zero attached hydrogens (tertiary/aromatic N) is 1. The molecule has 0 heterocycles. The topological polar surface area (TPSA) is 3.24 Å². The lowest BCUT2D eigenvalue weighted by Crippen LogP contribution is -2.28. The largest absolute Gasteiger partial charge is 0.299 e. The maximum absolute atomic E-state index is 2.58. The van der Waals surface area contributed by atoms with Gasteiger partial charge in [0.1, 0.15) is 0 Å². The third kappa shape index (κ3) is 7.61. The van der Waals surface area contributed by atoms with E-state index in [1.165, 1.54) is 37.9 Å². The van der Waals surface area contributed by atoms with Crippen molar-refractivity contribution in [2.45, 2.75) is 53.9 Å². The minimum atomic E-state index is 0.871. The lowest BCUT2D eigenvalue weighted by molar-refractivity contribution is 0.272. The Balaban J connectivity index is 3.92. The minimum Gasteiger partial charge on any atom is -0.299 e. The van der Waals surface area contributed by atoms with Crippen molar-refractivity contribution in [3.8, 4) is 0 Å². The van der Waals surface area contributed by atoms with Crippen molar-refractivity contribution in [3.05, 3.63) is 11.6 Å². The molecule has 0 aliphatic carbocycles. The maximum Gasteiger partial charge on any atom is 0.0189 e. The average molecular weight is 211 g/mol. The van der Waals surface area contributed by atoms with E-state index in [-0.39, 0.29) is 0 Å². The smallest absolute Gasteiger partial charge is 0.0189 e. The molecule has 1 nitrogen and oxygen atoms in total. The van der Waals surface area contributed by atoms with Crippen molar-refractivity contribution in [2.24, 2.45) is 5.92 Å². The first-order valence-corrected chi connectivity index (χ1v) is 6.48. The van der Waals surface area contributed by atoms with Gasteiger partial charge in [-0.05, 0) is 45.7 Å². The normalized spacial score (nSPS) is 14.7. The van der Waals surface area contributed by atoms with Gasteiger partial charge in [-0.2, -0.15) is 0 Å². The van der Waals surface area contributed by atoms with Gasteiger partial charge >= 0.3 is 0 Å². The van der Waals surface area contributed by atoms with Gasteiger partial charge in [0.2, 0.25) is 0 Å². The molecule has 0 aromatic heterocycles. The molecule has 0 spiro atoms. The highest BCUT2D eigenvalue weighted by atomic mass is 15.1. The average Bonchev–Trinajstić information content (AvgIpc) is 2.25.